The van der Waals surface area contributed by atoms with Gasteiger partial charge >= 0.3 is 0 Å². The van der Waals surface area contributed by atoms with E-state index in [1.54, 1.807) is 4.90 Å². The third kappa shape index (κ3) is 4.78. The maximum Gasteiger partial charge on any atom is 0.0725 e. The van der Waals surface area contributed by atoms with E-state index in [4.69, 9.17) is 6.85 Å². The van der Waals surface area contributed by atoms with Gasteiger partial charge in [-0.2, -0.15) is 0 Å². The molecule has 1 heterocycles. The van der Waals surface area contributed by atoms with Crippen LogP contribution in [-0.4, -0.2) is 0 Å². The number of rotatable bonds is 6. The normalized spacial score (nSPS) is 15.8. The molecule has 1 spiro atoms. The van der Waals surface area contributed by atoms with Crippen molar-refractivity contribution in [1.82, 2.24) is 0 Å². The lowest BCUT2D eigenvalue weighted by molar-refractivity contribution is 0.793. The van der Waals surface area contributed by atoms with Gasteiger partial charge in [0.05, 0.1) is 12.3 Å². The summed E-state index contributed by atoms with van der Waals surface area (Å²) in [6.07, 6.45) is 0. The van der Waals surface area contributed by atoms with Crippen LogP contribution in [0, 0.1) is 0 Å². The second-order valence-electron chi connectivity index (χ2n) is 14.9. The molecule has 0 aliphatic heterocycles. The summed E-state index contributed by atoms with van der Waals surface area (Å²) in [7, 11) is 0. The number of fused-ring (bicyclic) bond motifs is 13. The second kappa shape index (κ2) is 12.9. The number of anilines is 6. The lowest BCUT2D eigenvalue weighted by Crippen LogP contribution is -2.26. The zero-order valence-electron chi connectivity index (χ0n) is 36.2. The van der Waals surface area contributed by atoms with Gasteiger partial charge in [0.1, 0.15) is 0 Å². The summed E-state index contributed by atoms with van der Waals surface area (Å²) in [6, 6.07) is 64.6. The first kappa shape index (κ1) is 28.2. The number of hydrogen-bond donors (Lipinski definition) is 0. The van der Waals surface area contributed by atoms with Crippen molar-refractivity contribution in [2.24, 2.45) is 0 Å². The third-order valence-electron chi connectivity index (χ3n) is 11.9. The molecule has 3 heteroatoms. The zero-order chi connectivity index (χ0) is 42.6. The molecule has 0 bridgehead atoms. The van der Waals surface area contributed by atoms with Crippen molar-refractivity contribution >= 4 is 65.6 Å². The highest BCUT2D eigenvalue weighted by Gasteiger charge is 2.51. The highest BCUT2D eigenvalue weighted by Crippen LogP contribution is 2.64. The molecule has 0 radical (unpaired) electrons. The molecule has 10 aromatic rings. The van der Waals surface area contributed by atoms with E-state index < -0.39 is 11.5 Å². The van der Waals surface area contributed by atoms with Gasteiger partial charge in [-0.15, -0.1) is 11.3 Å². The van der Waals surface area contributed by atoms with E-state index in [0.717, 1.165) is 33.8 Å². The van der Waals surface area contributed by atoms with Crippen molar-refractivity contribution in [2.75, 3.05) is 9.80 Å². The van der Waals surface area contributed by atoms with Gasteiger partial charge in [-0.1, -0.05) is 133 Å². The van der Waals surface area contributed by atoms with Crippen LogP contribution in [0.5, 0.6) is 0 Å². The fourth-order valence-electron chi connectivity index (χ4n) is 9.62. The maximum atomic E-state index is 9.03. The molecule has 1 unspecified atom stereocenters. The van der Waals surface area contributed by atoms with Gasteiger partial charge in [0.25, 0.3) is 0 Å². The molecule has 1 aromatic heterocycles. The van der Waals surface area contributed by atoms with Crippen LogP contribution in [0.4, 0.5) is 34.1 Å². The van der Waals surface area contributed by atoms with Crippen molar-refractivity contribution in [3.05, 3.63) is 241 Å². The number of benzene rings is 9. The molecule has 272 valence electrons. The highest BCUT2D eigenvalue weighted by molar-refractivity contribution is 7.25. The third-order valence-corrected chi connectivity index (χ3v) is 13.1. The Labute approximate surface area is 349 Å². The van der Waals surface area contributed by atoms with Crippen LogP contribution in [0.2, 0.25) is 0 Å². The zero-order valence-corrected chi connectivity index (χ0v) is 32.0. The van der Waals surface area contributed by atoms with E-state index in [0.29, 0.717) is 11.4 Å². The maximum absolute atomic E-state index is 9.03. The molecule has 0 amide bonds. The topological polar surface area (TPSA) is 6.48 Å². The Morgan fingerprint density at radius 1 is 0.345 bits per heavy atom. The summed E-state index contributed by atoms with van der Waals surface area (Å²) >= 11 is 1.82. The van der Waals surface area contributed by atoms with Gasteiger partial charge in [-0.05, 0) is 129 Å². The number of nitrogens with zero attached hydrogens (tertiary/aromatic N) is 2. The van der Waals surface area contributed by atoms with Gasteiger partial charge in [0, 0.05) is 54.3 Å². The summed E-state index contributed by atoms with van der Waals surface area (Å²) in [5.74, 6) is 0. The quantitative estimate of drug-likeness (QED) is 0.166. The molecule has 2 aliphatic carbocycles. The van der Waals surface area contributed by atoms with Gasteiger partial charge in [0.2, 0.25) is 0 Å². The van der Waals surface area contributed by atoms with E-state index in [9.17, 15) is 0 Å². The average Bonchev–Trinajstić information content (AvgIpc) is 3.96. The minimum atomic E-state index is -0.630. The van der Waals surface area contributed by atoms with Crippen LogP contribution in [0.15, 0.2) is 218 Å². The monoisotopic (exact) mass is 761 g/mol. The first-order valence-electron chi connectivity index (χ1n) is 22.0. The first-order chi connectivity index (χ1) is 30.8. The van der Waals surface area contributed by atoms with E-state index in [2.05, 4.69) is 157 Å². The molecule has 9 aromatic carbocycles. The largest absolute Gasteiger partial charge is 0.310 e. The van der Waals surface area contributed by atoms with Gasteiger partial charge < -0.3 is 9.80 Å². The smallest absolute Gasteiger partial charge is 0.0725 e. The molecular formula is C55H36N2S. The second-order valence-corrected chi connectivity index (χ2v) is 16.0. The fourth-order valence-corrected chi connectivity index (χ4v) is 10.7. The molecule has 1 atom stereocenters. The number of para-hydroxylation sites is 3. The molecule has 2 nitrogen and oxygen atoms in total. The van der Waals surface area contributed by atoms with E-state index >= 15 is 0 Å². The Morgan fingerprint density at radius 2 is 0.810 bits per heavy atom. The Kier molecular flexibility index (Phi) is 6.29. The Balaban J connectivity index is 1.07. The lowest BCUT2D eigenvalue weighted by atomic mass is 9.70. The Hall–Kier alpha value is -7.20. The van der Waals surface area contributed by atoms with Gasteiger partial charge in [0.15, 0.2) is 0 Å². The van der Waals surface area contributed by atoms with Crippen LogP contribution in [0.3, 0.4) is 0 Å². The predicted octanol–water partition coefficient (Wildman–Crippen LogP) is 15.3. The minimum absolute atomic E-state index is 0.103. The molecule has 0 saturated carbocycles. The van der Waals surface area contributed by atoms with Crippen molar-refractivity contribution in [2.45, 2.75) is 5.41 Å². The Bertz CT molecular complexity index is 3470. The summed E-state index contributed by atoms with van der Waals surface area (Å²) in [6.45, 7) is 0. The number of hydrogen-bond acceptors (Lipinski definition) is 3. The molecule has 2 aliphatic rings. The average molecular weight is 762 g/mol. The number of thiophene rings is 1. The van der Waals surface area contributed by atoms with Crippen molar-refractivity contribution in [3.8, 4) is 22.3 Å². The first-order valence-corrected chi connectivity index (χ1v) is 20.3. The van der Waals surface area contributed by atoms with Crippen molar-refractivity contribution < 1.29 is 6.85 Å². The summed E-state index contributed by atoms with van der Waals surface area (Å²) in [5.41, 5.74) is 13.3. The molecule has 0 saturated heterocycles. The predicted molar refractivity (Wildman–Crippen MR) is 245 cm³/mol. The fraction of sp³-hybridized carbons (Fsp3) is 0.0182. The van der Waals surface area contributed by atoms with E-state index in [-0.39, 0.29) is 29.9 Å². The van der Waals surface area contributed by atoms with Gasteiger partial charge in [-0.25, -0.2) is 0 Å². The molecular weight excluding hydrogens is 721 g/mol. The van der Waals surface area contributed by atoms with Gasteiger partial charge in [-0.3, -0.25) is 0 Å². The van der Waals surface area contributed by atoms with E-state index in [1.807, 2.05) is 47.7 Å². The summed E-state index contributed by atoms with van der Waals surface area (Å²) in [5, 5.41) is 2.51. The standard InChI is InChI=1S/C55H36N2S/c1-4-16-37(17-5-1)56(38-18-6-2-7-19-38)40-28-31-51-46(34-40)43-22-10-13-25-49(43)55(51)50-26-14-11-23-44(50)47-35-41(29-32-52(47)55)57(39-20-8-3-9-21-39)42-30-33-54-48(36-42)45-24-12-15-27-53(45)58-54/h1-36H/i1D,4D,5D,16D,17D. The molecule has 0 fully saturated rings. The SMILES string of the molecule is [2H]c1c([2H])c([2H])c(N(c2ccccc2)c2ccc3c(c2)-c2ccccc2C32c3ccccc3-c3cc(N(c4ccccc4)c4ccc5sc6ccccc6c5c4)ccc32)c([2H])c1[2H]. The van der Waals surface area contributed by atoms with Crippen molar-refractivity contribution in [3.63, 3.8) is 0 Å². The Morgan fingerprint density at radius 3 is 1.43 bits per heavy atom. The molecule has 0 N–H and O–H groups in total. The van der Waals surface area contributed by atoms with Crippen LogP contribution in [0.25, 0.3) is 42.4 Å². The van der Waals surface area contributed by atoms with Crippen LogP contribution >= 0.6 is 11.3 Å². The van der Waals surface area contributed by atoms with Crippen LogP contribution < -0.4 is 9.80 Å². The summed E-state index contributed by atoms with van der Waals surface area (Å²) in [4.78, 5) is 4.16. The molecule has 12 rings (SSSR count). The highest BCUT2D eigenvalue weighted by atomic mass is 32.1. The van der Waals surface area contributed by atoms with Crippen LogP contribution in [0.1, 0.15) is 29.1 Å². The van der Waals surface area contributed by atoms with Crippen LogP contribution in [-0.2, 0) is 5.41 Å². The molecule has 58 heavy (non-hydrogen) atoms. The van der Waals surface area contributed by atoms with Crippen molar-refractivity contribution in [1.29, 1.82) is 0 Å². The minimum Gasteiger partial charge on any atom is -0.310 e. The lowest BCUT2D eigenvalue weighted by Gasteiger charge is -2.32. The van der Waals surface area contributed by atoms with E-state index in [1.165, 1.54) is 48.0 Å². The summed E-state index contributed by atoms with van der Waals surface area (Å²) < 4.78 is 46.1.